The number of ether oxygens (including phenoxy) is 1. The third-order valence-electron chi connectivity index (χ3n) is 1.84. The highest BCUT2D eigenvalue weighted by atomic mass is 16.5. The number of nitrogens with zero attached hydrogens (tertiary/aromatic N) is 4. The summed E-state index contributed by atoms with van der Waals surface area (Å²) in [5.41, 5.74) is 0. The predicted octanol–water partition coefficient (Wildman–Crippen LogP) is -1.59. The Labute approximate surface area is 96.8 Å². The van der Waals surface area contributed by atoms with Crippen molar-refractivity contribution in [3.05, 3.63) is 5.82 Å². The predicted molar refractivity (Wildman–Crippen MR) is 53.8 cm³/mol. The molecule has 9 heteroatoms. The minimum Gasteiger partial charge on any atom is -0.481 e. The number of carbonyl (C=O) groups excluding carboxylic acids is 1. The van der Waals surface area contributed by atoms with Gasteiger partial charge in [-0.05, 0) is 10.4 Å². The van der Waals surface area contributed by atoms with Gasteiger partial charge in [-0.2, -0.15) is 0 Å². The SMILES string of the molecule is COCn1nnnc1CC(=O)NCCC(=O)O. The molecule has 0 fully saturated rings. The molecule has 1 aromatic heterocycles. The topological polar surface area (TPSA) is 119 Å². The number of carbonyl (C=O) groups is 2. The molecule has 9 nitrogen and oxygen atoms in total. The van der Waals surface area contributed by atoms with Crippen LogP contribution >= 0.6 is 0 Å². The lowest BCUT2D eigenvalue weighted by atomic mass is 10.3. The first-order valence-corrected chi connectivity index (χ1v) is 4.86. The van der Waals surface area contributed by atoms with Crippen LogP contribution in [0.2, 0.25) is 0 Å². The van der Waals surface area contributed by atoms with Gasteiger partial charge in [-0.25, -0.2) is 4.68 Å². The molecule has 0 bridgehead atoms. The van der Waals surface area contributed by atoms with Gasteiger partial charge in [0.15, 0.2) is 5.82 Å². The molecule has 1 aromatic rings. The molecule has 17 heavy (non-hydrogen) atoms. The van der Waals surface area contributed by atoms with E-state index >= 15 is 0 Å². The molecular weight excluding hydrogens is 230 g/mol. The number of amides is 1. The molecule has 0 aliphatic carbocycles. The third-order valence-corrected chi connectivity index (χ3v) is 1.84. The van der Waals surface area contributed by atoms with E-state index in [1.165, 1.54) is 11.8 Å². The molecule has 2 N–H and O–H groups in total. The van der Waals surface area contributed by atoms with Crippen molar-refractivity contribution in [2.24, 2.45) is 0 Å². The summed E-state index contributed by atoms with van der Waals surface area (Å²) in [6.45, 7) is 0.241. The molecule has 1 rings (SSSR count). The number of tetrazole rings is 1. The van der Waals surface area contributed by atoms with Crippen LogP contribution in [0.1, 0.15) is 12.2 Å². The van der Waals surface area contributed by atoms with E-state index < -0.39 is 5.97 Å². The summed E-state index contributed by atoms with van der Waals surface area (Å²) in [6, 6.07) is 0. The molecule has 94 valence electrons. The van der Waals surface area contributed by atoms with Crippen LogP contribution in [0.4, 0.5) is 0 Å². The first-order valence-electron chi connectivity index (χ1n) is 4.86. The van der Waals surface area contributed by atoms with E-state index in [0.717, 1.165) is 0 Å². The van der Waals surface area contributed by atoms with Gasteiger partial charge < -0.3 is 15.2 Å². The molecule has 0 aliphatic heterocycles. The van der Waals surface area contributed by atoms with Gasteiger partial charge in [-0.1, -0.05) is 0 Å². The average Bonchev–Trinajstić information content (AvgIpc) is 2.66. The monoisotopic (exact) mass is 243 g/mol. The molecule has 0 unspecified atom stereocenters. The number of methoxy groups -OCH3 is 1. The van der Waals surface area contributed by atoms with E-state index in [1.54, 1.807) is 0 Å². The second kappa shape index (κ2) is 6.53. The number of nitrogens with one attached hydrogen (secondary N) is 1. The van der Waals surface area contributed by atoms with E-state index in [9.17, 15) is 9.59 Å². The van der Waals surface area contributed by atoms with Gasteiger partial charge in [-0.3, -0.25) is 9.59 Å². The van der Waals surface area contributed by atoms with E-state index in [4.69, 9.17) is 9.84 Å². The molecule has 0 saturated carbocycles. The van der Waals surface area contributed by atoms with E-state index in [0.29, 0.717) is 5.82 Å². The summed E-state index contributed by atoms with van der Waals surface area (Å²) in [4.78, 5) is 21.6. The Morgan fingerprint density at radius 2 is 2.29 bits per heavy atom. The molecule has 0 saturated heterocycles. The fourth-order valence-electron chi connectivity index (χ4n) is 1.09. The Morgan fingerprint density at radius 3 is 2.94 bits per heavy atom. The zero-order valence-corrected chi connectivity index (χ0v) is 9.29. The number of rotatable bonds is 7. The third kappa shape index (κ3) is 4.55. The van der Waals surface area contributed by atoms with E-state index in [2.05, 4.69) is 20.8 Å². The maximum atomic E-state index is 11.4. The summed E-state index contributed by atoms with van der Waals surface area (Å²) < 4.78 is 6.18. The lowest BCUT2D eigenvalue weighted by Crippen LogP contribution is -2.28. The molecule has 0 radical (unpaired) electrons. The molecule has 0 atom stereocenters. The number of carboxylic acids is 1. The Morgan fingerprint density at radius 1 is 1.53 bits per heavy atom. The van der Waals surface area contributed by atoms with Crippen LogP contribution in [-0.2, 0) is 27.5 Å². The zero-order valence-electron chi connectivity index (χ0n) is 9.29. The zero-order chi connectivity index (χ0) is 12.7. The Kier molecular flexibility index (Phi) is 5.01. The van der Waals surface area contributed by atoms with Crippen LogP contribution in [0.3, 0.4) is 0 Å². The van der Waals surface area contributed by atoms with Crippen molar-refractivity contribution in [2.45, 2.75) is 19.6 Å². The summed E-state index contributed by atoms with van der Waals surface area (Å²) >= 11 is 0. The van der Waals surface area contributed by atoms with Crippen LogP contribution < -0.4 is 5.32 Å². The molecular formula is C8H13N5O4. The summed E-state index contributed by atoms with van der Waals surface area (Å²) in [5.74, 6) is -0.937. The summed E-state index contributed by atoms with van der Waals surface area (Å²) in [7, 11) is 1.48. The quantitative estimate of drug-likeness (QED) is 0.592. The highest BCUT2D eigenvalue weighted by Crippen LogP contribution is 1.94. The first-order chi connectivity index (χ1) is 8.13. The van der Waals surface area contributed by atoms with Gasteiger partial charge >= 0.3 is 5.97 Å². The normalized spacial score (nSPS) is 10.2. The second-order valence-electron chi connectivity index (χ2n) is 3.18. The fraction of sp³-hybridized carbons (Fsp3) is 0.625. The number of aliphatic carboxylic acids is 1. The van der Waals surface area contributed by atoms with Crippen molar-refractivity contribution in [3.8, 4) is 0 Å². The largest absolute Gasteiger partial charge is 0.481 e. The van der Waals surface area contributed by atoms with E-state index in [1.807, 2.05) is 0 Å². The molecule has 0 aliphatic rings. The summed E-state index contributed by atoms with van der Waals surface area (Å²) in [5, 5.41) is 21.5. The van der Waals surface area contributed by atoms with E-state index in [-0.39, 0.29) is 32.0 Å². The molecule has 0 aromatic carbocycles. The van der Waals surface area contributed by atoms with Crippen molar-refractivity contribution >= 4 is 11.9 Å². The Balaban J connectivity index is 2.39. The number of carboxylic acid groups (broad SMARTS) is 1. The van der Waals surface area contributed by atoms with Gasteiger partial charge in [-0.15, -0.1) is 5.10 Å². The average molecular weight is 243 g/mol. The highest BCUT2D eigenvalue weighted by Gasteiger charge is 2.11. The van der Waals surface area contributed by atoms with Crippen molar-refractivity contribution in [2.75, 3.05) is 13.7 Å². The molecule has 1 amide bonds. The van der Waals surface area contributed by atoms with Gasteiger partial charge in [0.25, 0.3) is 0 Å². The Bertz CT molecular complexity index is 391. The van der Waals surface area contributed by atoms with Gasteiger partial charge in [0.05, 0.1) is 12.8 Å². The van der Waals surface area contributed by atoms with Crippen molar-refractivity contribution < 1.29 is 19.4 Å². The van der Waals surface area contributed by atoms with Gasteiger partial charge in [0.1, 0.15) is 6.73 Å². The smallest absolute Gasteiger partial charge is 0.305 e. The fourth-order valence-corrected chi connectivity index (χ4v) is 1.09. The maximum absolute atomic E-state index is 11.4. The maximum Gasteiger partial charge on any atom is 0.305 e. The minimum absolute atomic E-state index is 0.0179. The van der Waals surface area contributed by atoms with Crippen molar-refractivity contribution in [1.29, 1.82) is 0 Å². The van der Waals surface area contributed by atoms with Crippen molar-refractivity contribution in [3.63, 3.8) is 0 Å². The van der Waals surface area contributed by atoms with Crippen LogP contribution in [0.25, 0.3) is 0 Å². The molecule has 1 heterocycles. The summed E-state index contributed by atoms with van der Waals surface area (Å²) in [6.07, 6.45) is -0.134. The molecule has 0 spiro atoms. The standard InChI is InChI=1S/C8H13N5O4/c1-17-5-13-6(10-11-12-13)4-7(14)9-3-2-8(15)16/h2-5H2,1H3,(H,9,14)(H,15,16). The van der Waals surface area contributed by atoms with Crippen LogP contribution in [0.15, 0.2) is 0 Å². The number of hydrogen-bond donors (Lipinski definition) is 2. The van der Waals surface area contributed by atoms with Crippen LogP contribution in [0.5, 0.6) is 0 Å². The van der Waals surface area contributed by atoms with Gasteiger partial charge in [0.2, 0.25) is 5.91 Å². The van der Waals surface area contributed by atoms with Crippen molar-refractivity contribution in [1.82, 2.24) is 25.5 Å². The number of hydrogen-bond acceptors (Lipinski definition) is 6. The Hall–Kier alpha value is -2.03. The minimum atomic E-state index is -0.963. The van der Waals surface area contributed by atoms with Crippen LogP contribution in [-0.4, -0.2) is 50.8 Å². The van der Waals surface area contributed by atoms with Crippen LogP contribution in [0, 0.1) is 0 Å². The second-order valence-corrected chi connectivity index (χ2v) is 3.18. The van der Waals surface area contributed by atoms with Gasteiger partial charge in [0, 0.05) is 13.7 Å². The lowest BCUT2D eigenvalue weighted by molar-refractivity contribution is -0.136. The number of aromatic nitrogens is 4. The highest BCUT2D eigenvalue weighted by molar-refractivity contribution is 5.78. The lowest BCUT2D eigenvalue weighted by Gasteiger charge is -2.04. The first kappa shape index (κ1) is 13.0.